The lowest BCUT2D eigenvalue weighted by Gasteiger charge is -2.36. The van der Waals surface area contributed by atoms with Gasteiger partial charge in [-0.25, -0.2) is 0 Å². The highest BCUT2D eigenvalue weighted by atomic mass is 16.5. The van der Waals surface area contributed by atoms with Crippen molar-refractivity contribution in [2.24, 2.45) is 0 Å². The summed E-state index contributed by atoms with van der Waals surface area (Å²) in [5.74, 6) is 2.04. The largest absolute Gasteiger partial charge is 0.508 e. The average Bonchev–Trinajstić information content (AvgIpc) is 2.67. The number of ether oxygens (including phenoxy) is 2. The Hall–Kier alpha value is -2.45. The number of aromatic nitrogens is 3. The van der Waals surface area contributed by atoms with Crippen LogP contribution in [0.4, 0.5) is 11.9 Å². The molecule has 2 fully saturated rings. The van der Waals surface area contributed by atoms with E-state index < -0.39 is 0 Å². The molecule has 8 nitrogen and oxygen atoms in total. The molecule has 3 heterocycles. The molecule has 4 rings (SSSR count). The number of phenolic OH excluding ortho intramolecular Hbond substituents is 1. The van der Waals surface area contributed by atoms with E-state index in [0.717, 1.165) is 31.7 Å². The number of hydrogen-bond acceptors (Lipinski definition) is 8. The van der Waals surface area contributed by atoms with Crippen molar-refractivity contribution in [3.8, 4) is 17.1 Å². The fourth-order valence-corrected chi connectivity index (χ4v) is 3.52. The Morgan fingerprint density at radius 2 is 1.63 bits per heavy atom. The predicted octanol–water partition coefficient (Wildman–Crippen LogP) is 1.69. The summed E-state index contributed by atoms with van der Waals surface area (Å²) in [5, 5.41) is 9.85. The van der Waals surface area contributed by atoms with E-state index in [-0.39, 0.29) is 18.0 Å². The molecule has 1 aromatic heterocycles. The van der Waals surface area contributed by atoms with Crippen LogP contribution >= 0.6 is 0 Å². The van der Waals surface area contributed by atoms with E-state index in [2.05, 4.69) is 28.6 Å². The normalized spacial score (nSPS) is 23.5. The number of anilines is 2. The molecule has 1 aromatic carbocycles. The van der Waals surface area contributed by atoms with Crippen molar-refractivity contribution in [1.82, 2.24) is 15.0 Å². The number of morpholine rings is 2. The van der Waals surface area contributed by atoms with Crippen LogP contribution in [0.5, 0.6) is 5.75 Å². The summed E-state index contributed by atoms with van der Waals surface area (Å²) in [6.45, 7) is 8.40. The van der Waals surface area contributed by atoms with E-state index in [0.29, 0.717) is 30.9 Å². The summed E-state index contributed by atoms with van der Waals surface area (Å²) in [6, 6.07) is 7.00. The van der Waals surface area contributed by atoms with Gasteiger partial charge in [-0.2, -0.15) is 15.0 Å². The van der Waals surface area contributed by atoms with Gasteiger partial charge in [-0.15, -0.1) is 0 Å². The highest BCUT2D eigenvalue weighted by molar-refractivity contribution is 5.60. The summed E-state index contributed by atoms with van der Waals surface area (Å²) in [4.78, 5) is 18.4. The minimum atomic E-state index is 0.113. The monoisotopic (exact) mass is 371 g/mol. The molecule has 27 heavy (non-hydrogen) atoms. The molecule has 0 unspecified atom stereocenters. The Balaban J connectivity index is 1.74. The molecule has 2 aliphatic heterocycles. The number of aromatic hydroxyl groups is 1. The first-order valence-electron chi connectivity index (χ1n) is 9.37. The first-order valence-corrected chi connectivity index (χ1v) is 9.37. The average molecular weight is 371 g/mol. The SMILES string of the molecule is C[C@@H]1CN(c2nc(-c3cccc(O)c3)nc(N3CCOCC3)n2)C[C@H](C)O1. The van der Waals surface area contributed by atoms with Crippen LogP contribution in [0.2, 0.25) is 0 Å². The van der Waals surface area contributed by atoms with E-state index in [4.69, 9.17) is 19.4 Å². The van der Waals surface area contributed by atoms with Gasteiger partial charge in [0.1, 0.15) is 5.75 Å². The number of phenols is 1. The molecular weight excluding hydrogens is 346 g/mol. The van der Waals surface area contributed by atoms with Crippen molar-refractivity contribution < 1.29 is 14.6 Å². The summed E-state index contributed by atoms with van der Waals surface area (Å²) >= 11 is 0. The van der Waals surface area contributed by atoms with E-state index >= 15 is 0 Å². The van der Waals surface area contributed by atoms with Crippen molar-refractivity contribution in [1.29, 1.82) is 0 Å². The summed E-state index contributed by atoms with van der Waals surface area (Å²) in [6.07, 6.45) is 0.225. The van der Waals surface area contributed by atoms with E-state index in [1.54, 1.807) is 18.2 Å². The Kier molecular flexibility index (Phi) is 5.09. The summed E-state index contributed by atoms with van der Waals surface area (Å²) in [7, 11) is 0. The van der Waals surface area contributed by atoms with Gasteiger partial charge >= 0.3 is 0 Å². The maximum absolute atomic E-state index is 9.85. The standard InChI is InChI=1S/C19H25N5O3/c1-13-11-24(12-14(2)27-13)19-21-17(15-4-3-5-16(25)10-15)20-18(22-19)23-6-8-26-9-7-23/h3-5,10,13-14,25H,6-9,11-12H2,1-2H3/t13-,14+. The van der Waals surface area contributed by atoms with Crippen molar-refractivity contribution in [3.63, 3.8) is 0 Å². The summed E-state index contributed by atoms with van der Waals surface area (Å²) in [5.41, 5.74) is 0.766. The molecule has 0 aliphatic carbocycles. The van der Waals surface area contributed by atoms with Crippen molar-refractivity contribution in [2.45, 2.75) is 26.1 Å². The van der Waals surface area contributed by atoms with Crippen molar-refractivity contribution in [3.05, 3.63) is 24.3 Å². The van der Waals surface area contributed by atoms with E-state index in [1.807, 2.05) is 6.07 Å². The van der Waals surface area contributed by atoms with Gasteiger partial charge < -0.3 is 24.4 Å². The van der Waals surface area contributed by atoms with Crippen LogP contribution in [0.3, 0.4) is 0 Å². The fourth-order valence-electron chi connectivity index (χ4n) is 3.52. The Morgan fingerprint density at radius 3 is 2.30 bits per heavy atom. The molecule has 0 spiro atoms. The molecular formula is C19H25N5O3. The number of hydrogen-bond donors (Lipinski definition) is 1. The van der Waals surface area contributed by atoms with Crippen molar-refractivity contribution >= 4 is 11.9 Å². The Labute approximate surface area is 158 Å². The third-order valence-corrected chi connectivity index (χ3v) is 4.71. The van der Waals surface area contributed by atoms with Gasteiger partial charge in [0.05, 0.1) is 25.4 Å². The van der Waals surface area contributed by atoms with Crippen LogP contribution in [-0.2, 0) is 9.47 Å². The molecule has 0 bridgehead atoms. The van der Waals surface area contributed by atoms with Crippen LogP contribution < -0.4 is 9.80 Å². The van der Waals surface area contributed by atoms with Crippen LogP contribution in [0, 0.1) is 0 Å². The zero-order valence-electron chi connectivity index (χ0n) is 15.7. The molecule has 2 saturated heterocycles. The van der Waals surface area contributed by atoms with E-state index in [1.165, 1.54) is 0 Å². The molecule has 144 valence electrons. The second-order valence-electron chi connectivity index (χ2n) is 7.07. The first-order chi connectivity index (χ1) is 13.1. The van der Waals surface area contributed by atoms with Crippen molar-refractivity contribution in [2.75, 3.05) is 49.2 Å². The van der Waals surface area contributed by atoms with Gasteiger partial charge in [0.15, 0.2) is 5.82 Å². The smallest absolute Gasteiger partial charge is 0.230 e. The lowest BCUT2D eigenvalue weighted by Crippen LogP contribution is -2.46. The van der Waals surface area contributed by atoms with Crippen LogP contribution in [0.25, 0.3) is 11.4 Å². The second-order valence-corrected chi connectivity index (χ2v) is 7.07. The van der Waals surface area contributed by atoms with Gasteiger partial charge in [0.2, 0.25) is 11.9 Å². The predicted molar refractivity (Wildman–Crippen MR) is 102 cm³/mol. The topological polar surface area (TPSA) is 83.8 Å². The van der Waals surface area contributed by atoms with E-state index in [9.17, 15) is 5.11 Å². The quantitative estimate of drug-likeness (QED) is 0.873. The van der Waals surface area contributed by atoms with Gasteiger partial charge in [-0.1, -0.05) is 12.1 Å². The fraction of sp³-hybridized carbons (Fsp3) is 0.526. The molecule has 0 radical (unpaired) electrons. The highest BCUT2D eigenvalue weighted by Crippen LogP contribution is 2.26. The first kappa shape index (κ1) is 17.9. The highest BCUT2D eigenvalue weighted by Gasteiger charge is 2.26. The Bertz CT molecular complexity index is 787. The molecule has 2 aliphatic rings. The molecule has 1 N–H and O–H groups in total. The lowest BCUT2D eigenvalue weighted by atomic mass is 10.2. The maximum atomic E-state index is 9.85. The molecule has 2 aromatic rings. The number of nitrogens with zero attached hydrogens (tertiary/aromatic N) is 5. The zero-order valence-corrected chi connectivity index (χ0v) is 15.7. The number of rotatable bonds is 3. The van der Waals surface area contributed by atoms with Gasteiger partial charge in [-0.05, 0) is 26.0 Å². The second kappa shape index (κ2) is 7.66. The minimum Gasteiger partial charge on any atom is -0.508 e. The van der Waals surface area contributed by atoms with Crippen LogP contribution in [-0.4, -0.2) is 71.7 Å². The van der Waals surface area contributed by atoms with Crippen LogP contribution in [0.1, 0.15) is 13.8 Å². The molecule has 0 amide bonds. The van der Waals surface area contributed by atoms with Crippen LogP contribution in [0.15, 0.2) is 24.3 Å². The molecule has 0 saturated carbocycles. The summed E-state index contributed by atoms with van der Waals surface area (Å²) < 4.78 is 11.3. The van der Waals surface area contributed by atoms with Gasteiger partial charge in [0, 0.05) is 31.7 Å². The lowest BCUT2D eigenvalue weighted by molar-refractivity contribution is -0.00572. The molecule has 8 heteroatoms. The minimum absolute atomic E-state index is 0.113. The zero-order chi connectivity index (χ0) is 18.8. The van der Waals surface area contributed by atoms with Gasteiger partial charge in [-0.3, -0.25) is 0 Å². The Morgan fingerprint density at radius 1 is 0.963 bits per heavy atom. The molecule has 2 atom stereocenters. The number of benzene rings is 1. The third-order valence-electron chi connectivity index (χ3n) is 4.71. The third kappa shape index (κ3) is 4.12. The maximum Gasteiger partial charge on any atom is 0.230 e. The van der Waals surface area contributed by atoms with Gasteiger partial charge in [0.25, 0.3) is 0 Å².